The molecule has 1 aliphatic carbocycles. The maximum absolute atomic E-state index is 14.4. The Hall–Kier alpha value is -4.68. The highest BCUT2D eigenvalue weighted by atomic mass is 19.4. The van der Waals surface area contributed by atoms with E-state index >= 15 is 0 Å². The molecule has 2 heterocycles. The second-order valence-corrected chi connectivity index (χ2v) is 9.68. The van der Waals surface area contributed by atoms with Crippen LogP contribution in [0, 0.1) is 18.6 Å². The molecule has 0 aliphatic heterocycles. The summed E-state index contributed by atoms with van der Waals surface area (Å²) in [5, 5.41) is 9.07. The van der Waals surface area contributed by atoms with E-state index in [1.54, 1.807) is 12.1 Å². The summed E-state index contributed by atoms with van der Waals surface area (Å²) in [5.74, 6) is -4.00. The number of halogens is 5. The highest BCUT2D eigenvalue weighted by molar-refractivity contribution is 5.99. The van der Waals surface area contributed by atoms with Gasteiger partial charge in [0.25, 0.3) is 11.8 Å². The number of nitrogens with zero attached hydrogens (tertiary/aromatic N) is 3. The van der Waals surface area contributed by atoms with Crippen LogP contribution in [0.2, 0.25) is 0 Å². The van der Waals surface area contributed by atoms with Crippen molar-refractivity contribution in [3.63, 3.8) is 0 Å². The fourth-order valence-corrected chi connectivity index (χ4v) is 5.03. The maximum atomic E-state index is 14.4. The molecule has 2 N–H and O–H groups in total. The fraction of sp³-hybridized carbons (Fsp3) is 0.250. The number of fused-ring (bicyclic) bond motifs is 2. The van der Waals surface area contributed by atoms with Crippen molar-refractivity contribution >= 4 is 23.2 Å². The van der Waals surface area contributed by atoms with Crippen LogP contribution in [0.5, 0.6) is 0 Å². The summed E-state index contributed by atoms with van der Waals surface area (Å²) >= 11 is 0. The minimum Gasteiger partial charge on any atom is -0.347 e. The zero-order valence-electron chi connectivity index (χ0n) is 21.7. The Morgan fingerprint density at radius 3 is 2.51 bits per heavy atom. The van der Waals surface area contributed by atoms with Crippen molar-refractivity contribution in [2.24, 2.45) is 0 Å². The van der Waals surface area contributed by atoms with E-state index in [-0.39, 0.29) is 22.7 Å². The monoisotopic (exact) mass is 571 g/mol. The molecular weight excluding hydrogens is 549 g/mol. The zero-order valence-corrected chi connectivity index (χ0v) is 21.7. The van der Waals surface area contributed by atoms with E-state index in [9.17, 15) is 36.3 Å². The topological polar surface area (TPSA) is 105 Å². The van der Waals surface area contributed by atoms with Crippen molar-refractivity contribution in [2.45, 2.75) is 45.5 Å². The SMILES string of the molecule is CC(=O)c1ccc2c(c1C)CC[C@@H]2NC(=O)c1cc(C(=O)NCc2ccc(F)c(C(F)(F)F)c2)nc2c(F)cnn12. The predicted octanol–water partition coefficient (Wildman–Crippen LogP) is 4.88. The lowest BCUT2D eigenvalue weighted by atomic mass is 9.96. The van der Waals surface area contributed by atoms with Gasteiger partial charge in [0.05, 0.1) is 17.8 Å². The Labute approximate surface area is 229 Å². The minimum atomic E-state index is -4.92. The largest absolute Gasteiger partial charge is 0.419 e. The van der Waals surface area contributed by atoms with Crippen LogP contribution < -0.4 is 10.6 Å². The van der Waals surface area contributed by atoms with Gasteiger partial charge in [-0.2, -0.15) is 18.3 Å². The Bertz CT molecular complexity index is 1730. The van der Waals surface area contributed by atoms with Gasteiger partial charge < -0.3 is 10.6 Å². The molecule has 1 atom stereocenters. The molecule has 4 aromatic rings. The van der Waals surface area contributed by atoms with E-state index in [0.717, 1.165) is 39.5 Å². The molecular formula is C28H22F5N5O3. The number of aromatic nitrogens is 3. The summed E-state index contributed by atoms with van der Waals surface area (Å²) in [4.78, 5) is 42.1. The molecule has 0 radical (unpaired) electrons. The van der Waals surface area contributed by atoms with Crippen LogP contribution in [-0.4, -0.2) is 32.2 Å². The summed E-state index contributed by atoms with van der Waals surface area (Å²) in [6, 6.07) is 6.46. The molecule has 0 unspecified atom stereocenters. The first kappa shape index (κ1) is 27.9. The number of alkyl halides is 3. The van der Waals surface area contributed by atoms with Crippen molar-refractivity contribution in [1.29, 1.82) is 0 Å². The molecule has 13 heteroatoms. The van der Waals surface area contributed by atoms with Crippen LogP contribution >= 0.6 is 0 Å². The van der Waals surface area contributed by atoms with Crippen LogP contribution in [0.4, 0.5) is 22.0 Å². The zero-order chi connectivity index (χ0) is 29.6. The third kappa shape index (κ3) is 5.26. The molecule has 0 bridgehead atoms. The van der Waals surface area contributed by atoms with Gasteiger partial charge in [0.2, 0.25) is 0 Å². The number of rotatable bonds is 6. The Kier molecular flexibility index (Phi) is 7.05. The molecule has 2 aromatic heterocycles. The number of hydrogen-bond donors (Lipinski definition) is 2. The van der Waals surface area contributed by atoms with Crippen LogP contribution in [0.25, 0.3) is 5.65 Å². The molecule has 5 rings (SSSR count). The van der Waals surface area contributed by atoms with Crippen molar-refractivity contribution in [1.82, 2.24) is 25.2 Å². The molecule has 212 valence electrons. The fourth-order valence-electron chi connectivity index (χ4n) is 5.03. The van der Waals surface area contributed by atoms with Crippen molar-refractivity contribution in [2.75, 3.05) is 0 Å². The maximum Gasteiger partial charge on any atom is 0.419 e. The number of nitrogens with one attached hydrogen (secondary N) is 2. The van der Waals surface area contributed by atoms with Crippen LogP contribution in [0.15, 0.2) is 42.6 Å². The Morgan fingerprint density at radius 2 is 1.80 bits per heavy atom. The highest BCUT2D eigenvalue weighted by Crippen LogP contribution is 2.35. The normalized spacial score (nSPS) is 14.7. The Morgan fingerprint density at radius 1 is 1.05 bits per heavy atom. The summed E-state index contributed by atoms with van der Waals surface area (Å²) in [6.07, 6.45) is -2.92. The van der Waals surface area contributed by atoms with Gasteiger partial charge in [-0.15, -0.1) is 0 Å². The Balaban J connectivity index is 1.39. The van der Waals surface area contributed by atoms with Crippen LogP contribution in [0.1, 0.15) is 78.5 Å². The smallest absolute Gasteiger partial charge is 0.347 e. The molecule has 0 saturated heterocycles. The average Bonchev–Trinajstić information content (AvgIpc) is 3.50. The number of hydrogen-bond acceptors (Lipinski definition) is 5. The van der Waals surface area contributed by atoms with Crippen molar-refractivity contribution in [3.05, 3.63) is 99.0 Å². The molecule has 2 amide bonds. The summed E-state index contributed by atoms with van der Waals surface area (Å²) in [6.45, 7) is 2.91. The minimum absolute atomic E-state index is 0.0372. The van der Waals surface area contributed by atoms with Gasteiger partial charge in [-0.1, -0.05) is 18.2 Å². The van der Waals surface area contributed by atoms with E-state index in [1.165, 1.54) is 6.92 Å². The molecule has 0 spiro atoms. The van der Waals surface area contributed by atoms with E-state index in [4.69, 9.17) is 0 Å². The van der Waals surface area contributed by atoms with Gasteiger partial charge in [0.1, 0.15) is 17.2 Å². The number of carbonyl (C=O) groups is 3. The first-order chi connectivity index (χ1) is 19.3. The van der Waals surface area contributed by atoms with E-state index in [2.05, 4.69) is 20.7 Å². The summed E-state index contributed by atoms with van der Waals surface area (Å²) in [7, 11) is 0. The first-order valence-electron chi connectivity index (χ1n) is 12.5. The highest BCUT2D eigenvalue weighted by Gasteiger charge is 2.34. The lowest BCUT2D eigenvalue weighted by Gasteiger charge is -2.16. The van der Waals surface area contributed by atoms with Crippen molar-refractivity contribution in [3.8, 4) is 0 Å². The average molecular weight is 572 g/mol. The number of ketones is 1. The van der Waals surface area contributed by atoms with Gasteiger partial charge in [-0.3, -0.25) is 14.4 Å². The van der Waals surface area contributed by atoms with Crippen LogP contribution in [0.3, 0.4) is 0 Å². The van der Waals surface area contributed by atoms with Gasteiger partial charge in [0, 0.05) is 18.2 Å². The number of amides is 2. The van der Waals surface area contributed by atoms with Crippen LogP contribution in [-0.2, 0) is 19.1 Å². The molecule has 8 nitrogen and oxygen atoms in total. The second-order valence-electron chi connectivity index (χ2n) is 9.68. The van der Waals surface area contributed by atoms with E-state index in [0.29, 0.717) is 30.5 Å². The number of Topliss-reactive ketones (excluding diaryl/α,β-unsaturated/α-hetero) is 1. The molecule has 0 fully saturated rings. The van der Waals surface area contributed by atoms with Gasteiger partial charge in [-0.05, 0) is 61.1 Å². The predicted molar refractivity (Wildman–Crippen MR) is 135 cm³/mol. The van der Waals surface area contributed by atoms with E-state index in [1.807, 2.05) is 6.92 Å². The molecule has 2 aromatic carbocycles. The van der Waals surface area contributed by atoms with Gasteiger partial charge in [0.15, 0.2) is 17.2 Å². The summed E-state index contributed by atoms with van der Waals surface area (Å²) in [5.41, 5.74) is 0.743. The molecule has 0 saturated carbocycles. The van der Waals surface area contributed by atoms with Gasteiger partial charge >= 0.3 is 6.18 Å². The standard InChI is InChI=1S/C28H22F5N5O3/c1-13-16(14(2)39)4-5-18-17(13)6-8-22(18)37-27(41)24-10-23(36-25-21(30)12-35-38(24)25)26(40)34-11-15-3-7-20(29)19(9-15)28(31,32)33/h3-5,7,9-10,12,22H,6,8,11H2,1-2H3,(H,34,40)(H,37,41)/t22-/m0/s1. The lowest BCUT2D eigenvalue weighted by molar-refractivity contribution is -0.140. The molecule has 1 aliphatic rings. The van der Waals surface area contributed by atoms with Gasteiger partial charge in [-0.25, -0.2) is 18.3 Å². The second kappa shape index (κ2) is 10.4. The first-order valence-corrected chi connectivity index (χ1v) is 12.5. The third-order valence-corrected chi connectivity index (χ3v) is 7.06. The third-order valence-electron chi connectivity index (χ3n) is 7.06. The number of benzene rings is 2. The number of carbonyl (C=O) groups excluding carboxylic acids is 3. The lowest BCUT2D eigenvalue weighted by Crippen LogP contribution is -2.30. The van der Waals surface area contributed by atoms with Crippen molar-refractivity contribution < 1.29 is 36.3 Å². The van der Waals surface area contributed by atoms with E-state index < -0.39 is 53.4 Å². The molecule has 41 heavy (non-hydrogen) atoms. The summed E-state index contributed by atoms with van der Waals surface area (Å²) < 4.78 is 68.1. The quantitative estimate of drug-likeness (QED) is 0.254.